The number of aliphatic hydroxyl groups excluding tert-OH is 2. The number of aliphatic hydroxyl groups is 3. The van der Waals surface area contributed by atoms with Gasteiger partial charge in [-0.2, -0.15) is 0 Å². The van der Waals surface area contributed by atoms with Gasteiger partial charge in [0, 0.05) is 5.41 Å². The summed E-state index contributed by atoms with van der Waals surface area (Å²) in [4.78, 5) is 12.2. The van der Waals surface area contributed by atoms with Gasteiger partial charge in [-0.3, -0.25) is 4.79 Å². The maximum Gasteiger partial charge on any atom is 0.161 e. The molecule has 0 radical (unpaired) electrons. The Morgan fingerprint density at radius 1 is 1.08 bits per heavy atom. The topological polar surface area (TPSA) is 77.8 Å². The SMILES string of the molecule is CC(=O)[C@@]1(O)CC[C@H]2[C@@H]3[C@@H](O)CC4=C[C@@H](O)CC[C@]4(C)[C@H]3CC[C@@]21C. The Balaban J connectivity index is 1.73. The molecule has 0 amide bonds. The van der Waals surface area contributed by atoms with Gasteiger partial charge in [0.15, 0.2) is 5.78 Å². The molecule has 0 heterocycles. The molecule has 0 spiro atoms. The Morgan fingerprint density at radius 2 is 1.76 bits per heavy atom. The van der Waals surface area contributed by atoms with Crippen molar-refractivity contribution in [2.45, 2.75) is 83.5 Å². The molecular weight excluding hydrogens is 316 g/mol. The van der Waals surface area contributed by atoms with E-state index in [9.17, 15) is 20.1 Å². The fraction of sp³-hybridized carbons (Fsp3) is 0.857. The summed E-state index contributed by atoms with van der Waals surface area (Å²) in [5.74, 6) is 0.598. The van der Waals surface area contributed by atoms with Crippen LogP contribution >= 0.6 is 0 Å². The molecular formula is C21H32O4. The number of ketones is 1. The predicted octanol–water partition coefficient (Wildman–Crippen LogP) is 2.60. The molecule has 25 heavy (non-hydrogen) atoms. The van der Waals surface area contributed by atoms with Gasteiger partial charge in [0.1, 0.15) is 5.60 Å². The first-order chi connectivity index (χ1) is 11.6. The van der Waals surface area contributed by atoms with Crippen molar-refractivity contribution in [1.82, 2.24) is 0 Å². The van der Waals surface area contributed by atoms with Crippen molar-refractivity contribution < 1.29 is 20.1 Å². The van der Waals surface area contributed by atoms with Gasteiger partial charge in [-0.05, 0) is 75.0 Å². The molecule has 4 rings (SSSR count). The van der Waals surface area contributed by atoms with E-state index < -0.39 is 17.1 Å². The lowest BCUT2D eigenvalue weighted by Gasteiger charge is -2.60. The molecule has 3 saturated carbocycles. The first-order valence-corrected chi connectivity index (χ1v) is 9.94. The van der Waals surface area contributed by atoms with Crippen LogP contribution < -0.4 is 0 Å². The summed E-state index contributed by atoms with van der Waals surface area (Å²) in [6.07, 6.45) is 6.68. The van der Waals surface area contributed by atoms with Gasteiger partial charge in [0.05, 0.1) is 12.2 Å². The summed E-state index contributed by atoms with van der Waals surface area (Å²) in [7, 11) is 0. The minimum absolute atomic E-state index is 0.0430. The Bertz CT molecular complexity index is 627. The first-order valence-electron chi connectivity index (χ1n) is 9.94. The van der Waals surface area contributed by atoms with Crippen molar-refractivity contribution in [2.24, 2.45) is 28.6 Å². The second-order valence-electron chi connectivity index (χ2n) is 9.69. The highest BCUT2D eigenvalue weighted by molar-refractivity contribution is 5.86. The maximum absolute atomic E-state index is 12.2. The summed E-state index contributed by atoms with van der Waals surface area (Å²) in [5.41, 5.74) is -0.389. The predicted molar refractivity (Wildman–Crippen MR) is 94.7 cm³/mol. The van der Waals surface area contributed by atoms with Crippen molar-refractivity contribution in [3.8, 4) is 0 Å². The van der Waals surface area contributed by atoms with E-state index in [0.29, 0.717) is 18.8 Å². The van der Waals surface area contributed by atoms with Crippen molar-refractivity contribution in [3.05, 3.63) is 11.6 Å². The highest BCUT2D eigenvalue weighted by Gasteiger charge is 2.66. The molecule has 4 heteroatoms. The molecule has 0 aromatic carbocycles. The Kier molecular flexibility index (Phi) is 3.82. The van der Waals surface area contributed by atoms with Crippen LogP contribution in [0.1, 0.15) is 65.7 Å². The number of rotatable bonds is 1. The lowest BCUT2D eigenvalue weighted by atomic mass is 9.45. The van der Waals surface area contributed by atoms with Crippen LogP contribution in [0.2, 0.25) is 0 Å². The smallest absolute Gasteiger partial charge is 0.161 e. The second-order valence-corrected chi connectivity index (χ2v) is 9.69. The minimum atomic E-state index is -1.23. The second kappa shape index (κ2) is 5.40. The maximum atomic E-state index is 12.2. The molecule has 0 aliphatic heterocycles. The third-order valence-corrected chi connectivity index (χ3v) is 8.84. The molecule has 3 fully saturated rings. The van der Waals surface area contributed by atoms with E-state index in [1.54, 1.807) is 0 Å². The lowest BCUT2D eigenvalue weighted by Crippen LogP contribution is -2.59. The number of fused-ring (bicyclic) bond motifs is 5. The average Bonchev–Trinajstić information content (AvgIpc) is 2.82. The van der Waals surface area contributed by atoms with Crippen molar-refractivity contribution in [3.63, 3.8) is 0 Å². The molecule has 4 aliphatic rings. The fourth-order valence-electron chi connectivity index (χ4n) is 7.27. The zero-order valence-electron chi connectivity index (χ0n) is 15.7. The summed E-state index contributed by atoms with van der Waals surface area (Å²) >= 11 is 0. The summed E-state index contributed by atoms with van der Waals surface area (Å²) in [6.45, 7) is 5.90. The van der Waals surface area contributed by atoms with E-state index in [4.69, 9.17) is 0 Å². The van der Waals surface area contributed by atoms with Gasteiger partial charge < -0.3 is 15.3 Å². The zero-order valence-corrected chi connectivity index (χ0v) is 15.7. The van der Waals surface area contributed by atoms with E-state index in [-0.39, 0.29) is 29.1 Å². The fourth-order valence-corrected chi connectivity index (χ4v) is 7.27. The summed E-state index contributed by atoms with van der Waals surface area (Å²) < 4.78 is 0. The van der Waals surface area contributed by atoms with Crippen LogP contribution in [-0.4, -0.2) is 38.9 Å². The molecule has 0 aromatic rings. The van der Waals surface area contributed by atoms with Gasteiger partial charge in [-0.1, -0.05) is 25.5 Å². The summed E-state index contributed by atoms with van der Waals surface area (Å²) in [5, 5.41) is 32.2. The molecule has 0 bridgehead atoms. The highest BCUT2D eigenvalue weighted by Crippen LogP contribution is 2.67. The highest BCUT2D eigenvalue weighted by atomic mass is 16.3. The number of carbonyl (C=O) groups excluding carboxylic acids is 1. The molecule has 0 unspecified atom stereocenters. The van der Waals surface area contributed by atoms with Crippen LogP contribution in [0.5, 0.6) is 0 Å². The number of hydrogen-bond donors (Lipinski definition) is 3. The van der Waals surface area contributed by atoms with E-state index in [0.717, 1.165) is 32.1 Å². The Morgan fingerprint density at radius 3 is 2.44 bits per heavy atom. The average molecular weight is 348 g/mol. The van der Waals surface area contributed by atoms with Crippen LogP contribution in [0, 0.1) is 28.6 Å². The number of carbonyl (C=O) groups is 1. The van der Waals surface area contributed by atoms with Crippen molar-refractivity contribution in [2.75, 3.05) is 0 Å². The number of Topliss-reactive ketones (excluding diaryl/α,β-unsaturated/α-hetero) is 1. The van der Waals surface area contributed by atoms with Crippen molar-refractivity contribution in [1.29, 1.82) is 0 Å². The monoisotopic (exact) mass is 348 g/mol. The molecule has 0 saturated heterocycles. The van der Waals surface area contributed by atoms with E-state index >= 15 is 0 Å². The van der Waals surface area contributed by atoms with Gasteiger partial charge in [-0.15, -0.1) is 0 Å². The summed E-state index contributed by atoms with van der Waals surface area (Å²) in [6, 6.07) is 0. The van der Waals surface area contributed by atoms with Crippen LogP contribution in [0.15, 0.2) is 11.6 Å². The minimum Gasteiger partial charge on any atom is -0.392 e. The Hall–Kier alpha value is -0.710. The number of hydrogen-bond acceptors (Lipinski definition) is 4. The van der Waals surface area contributed by atoms with Gasteiger partial charge in [-0.25, -0.2) is 0 Å². The molecule has 8 atom stereocenters. The van der Waals surface area contributed by atoms with E-state index in [1.165, 1.54) is 12.5 Å². The standard InChI is InChI=1S/C21H32O4/c1-12(22)21(25)9-6-16-18-15(5-8-20(16,21)3)19(2)7-4-14(23)10-13(19)11-17(18)24/h10,14-18,23-25H,4-9,11H2,1-3H3/t14-,15-,16-,17-,18+,19-,20-,21-/m0/s1. The lowest BCUT2D eigenvalue weighted by molar-refractivity contribution is -0.168. The zero-order chi connectivity index (χ0) is 18.2. The van der Waals surface area contributed by atoms with Crippen LogP contribution in [0.4, 0.5) is 0 Å². The van der Waals surface area contributed by atoms with Crippen LogP contribution in [-0.2, 0) is 4.79 Å². The molecule has 4 nitrogen and oxygen atoms in total. The quantitative estimate of drug-likeness (QED) is 0.637. The molecule has 3 N–H and O–H groups in total. The molecule has 4 aliphatic carbocycles. The van der Waals surface area contributed by atoms with Gasteiger partial charge in [0.25, 0.3) is 0 Å². The van der Waals surface area contributed by atoms with E-state index in [1.807, 2.05) is 6.08 Å². The third kappa shape index (κ3) is 2.14. The van der Waals surface area contributed by atoms with Crippen LogP contribution in [0.3, 0.4) is 0 Å². The molecule has 0 aromatic heterocycles. The van der Waals surface area contributed by atoms with Crippen molar-refractivity contribution >= 4 is 5.78 Å². The van der Waals surface area contributed by atoms with E-state index in [2.05, 4.69) is 13.8 Å². The van der Waals surface area contributed by atoms with Gasteiger partial charge >= 0.3 is 0 Å². The van der Waals surface area contributed by atoms with Gasteiger partial charge in [0.2, 0.25) is 0 Å². The van der Waals surface area contributed by atoms with Crippen LogP contribution in [0.25, 0.3) is 0 Å². The normalized spacial score (nSPS) is 55.0. The molecule has 140 valence electrons. The first kappa shape index (κ1) is 17.7. The third-order valence-electron chi connectivity index (χ3n) is 8.84. The Labute approximate surface area is 150 Å². The largest absolute Gasteiger partial charge is 0.392 e.